The molecule has 2 rings (SSSR count). The average Bonchev–Trinajstić information content (AvgIpc) is 2.61. The standard InChI is InChI=1S/C16H20O3/c1-15(2)12(14(18)19)9-10-16(15,3)13(17)11-7-5-4-6-8-11/h4-8,12H,9-10H2,1-3H3,(H,18,19). The zero-order chi connectivity index (χ0) is 14.3. The molecule has 0 saturated heterocycles. The fourth-order valence-corrected chi connectivity index (χ4v) is 3.25. The summed E-state index contributed by atoms with van der Waals surface area (Å²) in [7, 11) is 0. The molecule has 0 spiro atoms. The molecule has 0 aromatic heterocycles. The van der Waals surface area contributed by atoms with Crippen LogP contribution in [0.1, 0.15) is 44.0 Å². The first-order valence-electron chi connectivity index (χ1n) is 6.63. The highest BCUT2D eigenvalue weighted by molar-refractivity contribution is 6.01. The number of carboxylic acid groups (broad SMARTS) is 1. The van der Waals surface area contributed by atoms with Gasteiger partial charge in [0.25, 0.3) is 0 Å². The lowest BCUT2D eigenvalue weighted by molar-refractivity contribution is -0.145. The van der Waals surface area contributed by atoms with Crippen molar-refractivity contribution < 1.29 is 14.7 Å². The maximum Gasteiger partial charge on any atom is 0.307 e. The van der Waals surface area contributed by atoms with E-state index in [1.54, 1.807) is 12.1 Å². The number of hydrogen-bond donors (Lipinski definition) is 1. The molecule has 1 aliphatic carbocycles. The van der Waals surface area contributed by atoms with Crippen molar-refractivity contribution >= 4 is 11.8 Å². The third-order valence-electron chi connectivity index (χ3n) is 5.06. The highest BCUT2D eigenvalue weighted by Crippen LogP contribution is 2.57. The smallest absolute Gasteiger partial charge is 0.307 e. The minimum Gasteiger partial charge on any atom is -0.481 e. The molecule has 1 aromatic carbocycles. The topological polar surface area (TPSA) is 54.4 Å². The molecule has 1 aliphatic rings. The molecule has 1 N–H and O–H groups in total. The molecular weight excluding hydrogens is 240 g/mol. The zero-order valence-corrected chi connectivity index (χ0v) is 11.6. The lowest BCUT2D eigenvalue weighted by Crippen LogP contribution is -2.42. The summed E-state index contributed by atoms with van der Waals surface area (Å²) in [4.78, 5) is 24.1. The third kappa shape index (κ3) is 1.97. The van der Waals surface area contributed by atoms with Gasteiger partial charge in [0.2, 0.25) is 0 Å². The molecule has 1 saturated carbocycles. The van der Waals surface area contributed by atoms with Crippen LogP contribution in [0.2, 0.25) is 0 Å². The van der Waals surface area contributed by atoms with Crippen LogP contribution in [-0.2, 0) is 4.79 Å². The van der Waals surface area contributed by atoms with Crippen LogP contribution in [-0.4, -0.2) is 16.9 Å². The second kappa shape index (κ2) is 4.48. The van der Waals surface area contributed by atoms with Crippen LogP contribution in [0.4, 0.5) is 0 Å². The summed E-state index contributed by atoms with van der Waals surface area (Å²) in [6, 6.07) is 9.16. The van der Waals surface area contributed by atoms with Crippen molar-refractivity contribution in [3.63, 3.8) is 0 Å². The van der Waals surface area contributed by atoms with Gasteiger partial charge in [-0.1, -0.05) is 51.1 Å². The minimum absolute atomic E-state index is 0.0573. The lowest BCUT2D eigenvalue weighted by atomic mass is 9.62. The first-order valence-corrected chi connectivity index (χ1v) is 6.63. The second-order valence-electron chi connectivity index (χ2n) is 6.18. The molecule has 19 heavy (non-hydrogen) atoms. The molecule has 0 heterocycles. The number of Topliss-reactive ketones (excluding diaryl/α,β-unsaturated/α-hetero) is 1. The Kier molecular flexibility index (Phi) is 3.25. The van der Waals surface area contributed by atoms with Crippen molar-refractivity contribution in [1.29, 1.82) is 0 Å². The van der Waals surface area contributed by atoms with E-state index in [0.29, 0.717) is 18.4 Å². The van der Waals surface area contributed by atoms with Gasteiger partial charge in [-0.2, -0.15) is 0 Å². The Labute approximate surface area is 113 Å². The van der Waals surface area contributed by atoms with Crippen LogP contribution in [0, 0.1) is 16.7 Å². The summed E-state index contributed by atoms with van der Waals surface area (Å²) < 4.78 is 0. The number of hydrogen-bond acceptors (Lipinski definition) is 2. The van der Waals surface area contributed by atoms with E-state index < -0.39 is 22.7 Å². The molecule has 3 heteroatoms. The molecule has 0 radical (unpaired) electrons. The Balaban J connectivity index is 2.39. The predicted molar refractivity (Wildman–Crippen MR) is 73.0 cm³/mol. The summed E-state index contributed by atoms with van der Waals surface area (Å²) >= 11 is 0. The number of rotatable bonds is 3. The first kappa shape index (κ1) is 13.8. The second-order valence-corrected chi connectivity index (χ2v) is 6.18. The Morgan fingerprint density at radius 1 is 1.16 bits per heavy atom. The van der Waals surface area contributed by atoms with Crippen molar-refractivity contribution in [2.75, 3.05) is 0 Å². The fourth-order valence-electron chi connectivity index (χ4n) is 3.25. The van der Waals surface area contributed by atoms with Gasteiger partial charge in [-0.15, -0.1) is 0 Å². The quantitative estimate of drug-likeness (QED) is 0.847. The first-order chi connectivity index (χ1) is 8.80. The number of aliphatic carboxylic acids is 1. The van der Waals surface area contributed by atoms with Gasteiger partial charge in [0.15, 0.2) is 5.78 Å². The van der Waals surface area contributed by atoms with Crippen molar-refractivity contribution in [1.82, 2.24) is 0 Å². The molecule has 0 bridgehead atoms. The van der Waals surface area contributed by atoms with E-state index in [1.165, 1.54) is 0 Å². The Hall–Kier alpha value is -1.64. The highest BCUT2D eigenvalue weighted by Gasteiger charge is 2.57. The molecule has 2 atom stereocenters. The average molecular weight is 260 g/mol. The third-order valence-corrected chi connectivity index (χ3v) is 5.06. The van der Waals surface area contributed by atoms with Gasteiger partial charge in [0.05, 0.1) is 5.92 Å². The van der Waals surface area contributed by atoms with Crippen molar-refractivity contribution in [2.24, 2.45) is 16.7 Å². The Morgan fingerprint density at radius 2 is 1.74 bits per heavy atom. The summed E-state index contributed by atoms with van der Waals surface area (Å²) in [5, 5.41) is 9.32. The number of carbonyl (C=O) groups is 2. The van der Waals surface area contributed by atoms with Crippen molar-refractivity contribution in [3.05, 3.63) is 35.9 Å². The maximum atomic E-state index is 12.8. The molecule has 0 amide bonds. The molecule has 0 aliphatic heterocycles. The molecule has 1 aromatic rings. The summed E-state index contributed by atoms with van der Waals surface area (Å²) in [6.45, 7) is 5.71. The van der Waals surface area contributed by atoms with E-state index in [0.717, 1.165) is 0 Å². The van der Waals surface area contributed by atoms with E-state index in [4.69, 9.17) is 0 Å². The normalized spacial score (nSPS) is 29.1. The van der Waals surface area contributed by atoms with Gasteiger partial charge in [-0.3, -0.25) is 9.59 Å². The fraction of sp³-hybridized carbons (Fsp3) is 0.500. The summed E-state index contributed by atoms with van der Waals surface area (Å²) in [5.41, 5.74) is -0.479. The van der Waals surface area contributed by atoms with Crippen LogP contribution in [0.15, 0.2) is 30.3 Å². The molecular formula is C16H20O3. The van der Waals surface area contributed by atoms with Crippen molar-refractivity contribution in [3.8, 4) is 0 Å². The molecule has 3 nitrogen and oxygen atoms in total. The van der Waals surface area contributed by atoms with E-state index >= 15 is 0 Å². The van der Waals surface area contributed by atoms with Crippen LogP contribution in [0.25, 0.3) is 0 Å². The van der Waals surface area contributed by atoms with Crippen LogP contribution in [0.3, 0.4) is 0 Å². The maximum absolute atomic E-state index is 12.8. The van der Waals surface area contributed by atoms with Gasteiger partial charge in [-0.25, -0.2) is 0 Å². The number of ketones is 1. The number of carbonyl (C=O) groups excluding carboxylic acids is 1. The predicted octanol–water partition coefficient (Wildman–Crippen LogP) is 3.40. The van der Waals surface area contributed by atoms with E-state index in [2.05, 4.69) is 0 Å². The van der Waals surface area contributed by atoms with Gasteiger partial charge in [0.1, 0.15) is 0 Å². The van der Waals surface area contributed by atoms with Crippen molar-refractivity contribution in [2.45, 2.75) is 33.6 Å². The number of carboxylic acids is 1. The summed E-state index contributed by atoms with van der Waals surface area (Å²) in [5.74, 6) is -1.19. The lowest BCUT2D eigenvalue weighted by Gasteiger charge is -2.39. The van der Waals surface area contributed by atoms with Crippen LogP contribution < -0.4 is 0 Å². The Bertz CT molecular complexity index is 504. The molecule has 102 valence electrons. The van der Waals surface area contributed by atoms with Gasteiger partial charge in [-0.05, 0) is 18.3 Å². The summed E-state index contributed by atoms with van der Waals surface area (Å²) in [6.07, 6.45) is 1.20. The van der Waals surface area contributed by atoms with E-state index in [9.17, 15) is 14.7 Å². The number of benzene rings is 1. The minimum atomic E-state index is -0.797. The Morgan fingerprint density at radius 3 is 2.21 bits per heavy atom. The monoisotopic (exact) mass is 260 g/mol. The SMILES string of the molecule is CC1(C(=O)c2ccccc2)CCC(C(=O)O)C1(C)C. The zero-order valence-electron chi connectivity index (χ0n) is 11.6. The van der Waals surface area contributed by atoms with Crippen LogP contribution in [0.5, 0.6) is 0 Å². The van der Waals surface area contributed by atoms with Gasteiger partial charge >= 0.3 is 5.97 Å². The van der Waals surface area contributed by atoms with E-state index in [1.807, 2.05) is 39.0 Å². The van der Waals surface area contributed by atoms with Gasteiger partial charge in [0, 0.05) is 11.0 Å². The van der Waals surface area contributed by atoms with E-state index in [-0.39, 0.29) is 5.78 Å². The molecule has 2 unspecified atom stereocenters. The van der Waals surface area contributed by atoms with Crippen LogP contribution >= 0.6 is 0 Å². The largest absolute Gasteiger partial charge is 0.481 e. The highest BCUT2D eigenvalue weighted by atomic mass is 16.4. The van der Waals surface area contributed by atoms with Gasteiger partial charge < -0.3 is 5.11 Å². The molecule has 1 fully saturated rings.